The van der Waals surface area contributed by atoms with Crippen LogP contribution < -0.4 is 37.7 Å². The maximum atomic E-state index is 2.63. The summed E-state index contributed by atoms with van der Waals surface area (Å²) in [5.41, 5.74) is 31.8. The molecule has 0 saturated heterocycles. The molecule has 0 saturated carbocycles. The largest absolute Gasteiger partial charge is 0.313 e. The zero-order chi connectivity index (χ0) is 36.2. The van der Waals surface area contributed by atoms with Crippen LogP contribution in [0.25, 0.3) is 11.1 Å². The van der Waals surface area contributed by atoms with Gasteiger partial charge in [-0.25, -0.2) is 0 Å². The van der Waals surface area contributed by atoms with Crippen molar-refractivity contribution in [3.63, 3.8) is 0 Å². The van der Waals surface area contributed by atoms with E-state index < -0.39 is 0 Å². The van der Waals surface area contributed by atoms with E-state index in [0.29, 0.717) is 0 Å². The van der Waals surface area contributed by atoms with Gasteiger partial charge in [0.15, 0.2) is 0 Å². The number of benzene rings is 6. The third-order valence-electron chi connectivity index (χ3n) is 13.3. The first-order valence-corrected chi connectivity index (χ1v) is 18.7. The van der Waals surface area contributed by atoms with E-state index in [9.17, 15) is 0 Å². The molecule has 2 aliphatic rings. The smallest absolute Gasteiger partial charge is 0.247 e. The van der Waals surface area contributed by atoms with Crippen LogP contribution in [0.2, 0.25) is 0 Å². The number of fused-ring (bicyclic) bond motifs is 4. The lowest BCUT2D eigenvalue weighted by Gasteiger charge is -2.45. The second kappa shape index (κ2) is 11.9. The van der Waals surface area contributed by atoms with Crippen molar-refractivity contribution in [1.29, 1.82) is 0 Å². The lowest BCUT2D eigenvalue weighted by atomic mass is 9.29. The molecule has 0 N–H and O–H groups in total. The van der Waals surface area contributed by atoms with Crippen molar-refractivity contribution in [3.8, 4) is 11.1 Å². The van der Waals surface area contributed by atoms with Gasteiger partial charge in [0, 0.05) is 17.1 Å². The number of nitrogens with zero attached hydrogens (tertiary/aromatic N) is 1. The molecular weight excluding hydrogens is 612 g/mol. The standard InChI is InChI=1S/C48H49B2N/c1-26-18-20-44-40(22-26)49(46-34(9)30(5)28(3)31(6)35(46)10)42-24-39(38-16-14-13-15-17-38)25-43-48(42)51(44)45-21-19-27(2)23-41(45)50(43)47-36(11)32(7)29(4)33(8)37(47)12/h13-25H,1-12H3. The number of aryl methyl sites for hydroxylation is 2. The molecule has 0 unspecified atom stereocenters. The van der Waals surface area contributed by atoms with Gasteiger partial charge in [-0.05, 0) is 162 Å². The van der Waals surface area contributed by atoms with Gasteiger partial charge >= 0.3 is 0 Å². The molecule has 0 aromatic heterocycles. The van der Waals surface area contributed by atoms with Crippen LogP contribution in [0.5, 0.6) is 0 Å². The van der Waals surface area contributed by atoms with Crippen molar-refractivity contribution in [3.05, 3.63) is 146 Å². The Morgan fingerprint density at radius 3 is 1.12 bits per heavy atom. The fourth-order valence-corrected chi connectivity index (χ4v) is 9.65. The molecule has 6 aromatic rings. The first-order valence-electron chi connectivity index (χ1n) is 18.7. The Hall–Kier alpha value is -4.75. The summed E-state index contributed by atoms with van der Waals surface area (Å²) in [4.78, 5) is 2.63. The molecule has 6 aromatic carbocycles. The first kappa shape index (κ1) is 33.4. The molecule has 2 heterocycles. The van der Waals surface area contributed by atoms with Gasteiger partial charge in [0.1, 0.15) is 0 Å². The fourth-order valence-electron chi connectivity index (χ4n) is 9.65. The molecule has 0 aliphatic carbocycles. The van der Waals surface area contributed by atoms with Crippen LogP contribution in [0.15, 0.2) is 78.9 Å². The predicted molar refractivity (Wildman–Crippen MR) is 226 cm³/mol. The quantitative estimate of drug-likeness (QED) is 0.173. The minimum Gasteiger partial charge on any atom is -0.313 e. The van der Waals surface area contributed by atoms with Gasteiger partial charge in [-0.15, -0.1) is 0 Å². The molecule has 2 aliphatic heterocycles. The van der Waals surface area contributed by atoms with E-state index in [0.717, 1.165) is 0 Å². The van der Waals surface area contributed by atoms with Gasteiger partial charge in [-0.2, -0.15) is 0 Å². The van der Waals surface area contributed by atoms with Crippen LogP contribution in [0, 0.1) is 83.1 Å². The third-order valence-corrected chi connectivity index (χ3v) is 13.3. The Balaban J connectivity index is 1.59. The summed E-state index contributed by atoms with van der Waals surface area (Å²) in [7, 11) is 0. The van der Waals surface area contributed by atoms with Crippen molar-refractivity contribution in [2.75, 3.05) is 4.90 Å². The lowest BCUT2D eigenvalue weighted by Crippen LogP contribution is -2.66. The molecule has 0 bridgehead atoms. The van der Waals surface area contributed by atoms with E-state index in [1.165, 1.54) is 128 Å². The van der Waals surface area contributed by atoms with Gasteiger partial charge in [0.2, 0.25) is 13.4 Å². The maximum Gasteiger partial charge on any atom is 0.247 e. The van der Waals surface area contributed by atoms with Crippen LogP contribution in [0.1, 0.15) is 66.8 Å². The molecule has 3 heteroatoms. The Morgan fingerprint density at radius 2 is 0.725 bits per heavy atom. The van der Waals surface area contributed by atoms with Gasteiger partial charge in [0.05, 0.1) is 0 Å². The SMILES string of the molecule is Cc1ccc2c(c1)B(c1c(C)c(C)c(C)c(C)c1C)c1cc(-c3ccccc3)cc3c1N2c1ccc(C)cc1B3c1c(C)c(C)c(C)c(C)c1C. The second-order valence-corrected chi connectivity index (χ2v) is 15.8. The summed E-state index contributed by atoms with van der Waals surface area (Å²) in [6.45, 7) is 28.1. The fraction of sp³-hybridized carbons (Fsp3) is 0.250. The molecule has 1 nitrogen and oxygen atoms in total. The maximum absolute atomic E-state index is 2.63. The van der Waals surface area contributed by atoms with Crippen molar-refractivity contribution in [1.82, 2.24) is 0 Å². The normalized spacial score (nSPS) is 13.0. The van der Waals surface area contributed by atoms with Crippen LogP contribution in [-0.4, -0.2) is 13.4 Å². The number of hydrogen-bond acceptors (Lipinski definition) is 1. The van der Waals surface area contributed by atoms with Crippen molar-refractivity contribution >= 4 is 63.3 Å². The zero-order valence-electron chi connectivity index (χ0n) is 32.6. The monoisotopic (exact) mass is 661 g/mol. The van der Waals surface area contributed by atoms with Crippen LogP contribution in [0.3, 0.4) is 0 Å². The Morgan fingerprint density at radius 1 is 0.353 bits per heavy atom. The number of rotatable bonds is 3. The minimum atomic E-state index is 0.0999. The van der Waals surface area contributed by atoms with E-state index in [-0.39, 0.29) is 13.4 Å². The number of hydrogen-bond donors (Lipinski definition) is 0. The van der Waals surface area contributed by atoms with Crippen molar-refractivity contribution < 1.29 is 0 Å². The van der Waals surface area contributed by atoms with Gasteiger partial charge < -0.3 is 4.90 Å². The summed E-state index contributed by atoms with van der Waals surface area (Å²) in [6.07, 6.45) is 0. The van der Waals surface area contributed by atoms with Gasteiger partial charge in [-0.3, -0.25) is 0 Å². The zero-order valence-corrected chi connectivity index (χ0v) is 32.6. The molecule has 0 radical (unpaired) electrons. The summed E-state index contributed by atoms with van der Waals surface area (Å²) < 4.78 is 0. The van der Waals surface area contributed by atoms with E-state index in [4.69, 9.17) is 0 Å². The van der Waals surface area contributed by atoms with Crippen LogP contribution in [0.4, 0.5) is 17.1 Å². The molecule has 8 rings (SSSR count). The van der Waals surface area contributed by atoms with E-state index in [2.05, 4.69) is 167 Å². The highest BCUT2D eigenvalue weighted by molar-refractivity contribution is 7.02. The van der Waals surface area contributed by atoms with Crippen LogP contribution in [-0.2, 0) is 0 Å². The Bertz CT molecular complexity index is 2250. The first-order chi connectivity index (χ1) is 24.3. The van der Waals surface area contributed by atoms with E-state index in [1.54, 1.807) is 0 Å². The highest BCUT2D eigenvalue weighted by Crippen LogP contribution is 2.40. The molecule has 0 atom stereocenters. The Labute approximate surface area is 306 Å². The Kier molecular flexibility index (Phi) is 7.80. The van der Waals surface area contributed by atoms with Crippen molar-refractivity contribution in [2.45, 2.75) is 83.1 Å². The average molecular weight is 662 g/mol. The minimum absolute atomic E-state index is 0.0999. The van der Waals surface area contributed by atoms with Crippen LogP contribution >= 0.6 is 0 Å². The van der Waals surface area contributed by atoms with Gasteiger partial charge in [-0.1, -0.05) is 111 Å². The molecule has 51 heavy (non-hydrogen) atoms. The lowest BCUT2D eigenvalue weighted by molar-refractivity contribution is 1.19. The molecule has 252 valence electrons. The third kappa shape index (κ3) is 4.77. The van der Waals surface area contributed by atoms with E-state index in [1.807, 2.05) is 0 Å². The topological polar surface area (TPSA) is 3.24 Å². The van der Waals surface area contributed by atoms with E-state index >= 15 is 0 Å². The predicted octanol–water partition coefficient (Wildman–Crippen LogP) is 8.18. The molecular formula is C48H49B2N. The molecule has 0 amide bonds. The highest BCUT2D eigenvalue weighted by Gasteiger charge is 2.45. The second-order valence-electron chi connectivity index (χ2n) is 15.8. The molecule has 0 fully saturated rings. The van der Waals surface area contributed by atoms with Gasteiger partial charge in [0.25, 0.3) is 0 Å². The summed E-state index contributed by atoms with van der Waals surface area (Å²) in [6, 6.07) is 30.5. The number of anilines is 3. The summed E-state index contributed by atoms with van der Waals surface area (Å²) in [5.74, 6) is 0. The van der Waals surface area contributed by atoms with Crippen molar-refractivity contribution in [2.24, 2.45) is 0 Å². The summed E-state index contributed by atoms with van der Waals surface area (Å²) >= 11 is 0. The highest BCUT2D eigenvalue weighted by atomic mass is 15.2. The molecule has 0 spiro atoms. The average Bonchev–Trinajstić information content (AvgIpc) is 3.13. The summed E-state index contributed by atoms with van der Waals surface area (Å²) in [5, 5.41) is 0.